The fourth-order valence-corrected chi connectivity index (χ4v) is 1.30. The van der Waals surface area contributed by atoms with Crippen molar-refractivity contribution in [3.8, 4) is 0 Å². The van der Waals surface area contributed by atoms with Gasteiger partial charge in [-0.3, -0.25) is 9.59 Å². The zero-order chi connectivity index (χ0) is 10.8. The van der Waals surface area contributed by atoms with E-state index in [0.717, 1.165) is 0 Å². The topological polar surface area (TPSA) is 63.7 Å². The van der Waals surface area contributed by atoms with Gasteiger partial charge in [0.05, 0.1) is 0 Å². The molecule has 0 N–H and O–H groups in total. The third kappa shape index (κ3) is 1.81. The van der Waals surface area contributed by atoms with Gasteiger partial charge in [-0.05, 0) is 0 Å². The molecule has 0 spiro atoms. The van der Waals surface area contributed by atoms with E-state index in [1.54, 1.807) is 24.6 Å². The van der Waals surface area contributed by atoms with E-state index in [1.807, 2.05) is 0 Å². The van der Waals surface area contributed by atoms with Crippen LogP contribution in [0.2, 0.25) is 0 Å². The maximum Gasteiger partial charge on any atom is 0.360 e. The van der Waals surface area contributed by atoms with Crippen molar-refractivity contribution in [2.75, 3.05) is 0 Å². The molecule has 2 rings (SSSR count). The zero-order valence-corrected chi connectivity index (χ0v) is 7.80. The van der Waals surface area contributed by atoms with Gasteiger partial charge in [0.1, 0.15) is 0 Å². The molecule has 77 valence electrons. The van der Waals surface area contributed by atoms with Gasteiger partial charge in [-0.15, -0.1) is 5.06 Å². The van der Waals surface area contributed by atoms with Crippen LogP contribution in [0, 0.1) is 6.42 Å². The number of carbonyl (C=O) groups is 3. The number of hydrogen-bond acceptors (Lipinski definition) is 4. The Hall–Kier alpha value is -1.91. The van der Waals surface area contributed by atoms with Gasteiger partial charge in [0.25, 0.3) is 11.8 Å². The molecule has 5 heteroatoms. The van der Waals surface area contributed by atoms with Crippen molar-refractivity contribution in [3.63, 3.8) is 0 Å². The molecule has 15 heavy (non-hydrogen) atoms. The van der Waals surface area contributed by atoms with Crippen LogP contribution in [0.5, 0.6) is 0 Å². The van der Waals surface area contributed by atoms with E-state index in [1.165, 1.54) is 0 Å². The summed E-state index contributed by atoms with van der Waals surface area (Å²) in [6.45, 7) is 0. The third-order valence-corrected chi connectivity index (χ3v) is 2.08. The number of rotatable bonds is 2. The van der Waals surface area contributed by atoms with Gasteiger partial charge in [-0.25, -0.2) is 4.79 Å². The highest BCUT2D eigenvalue weighted by Gasteiger charge is 2.33. The Labute approximate surface area is 85.9 Å². The van der Waals surface area contributed by atoms with Crippen LogP contribution in [-0.2, 0) is 19.2 Å². The number of hydrogen-bond donors (Lipinski definition) is 0. The molecule has 0 bridgehead atoms. The first-order valence-corrected chi connectivity index (χ1v) is 4.48. The van der Waals surface area contributed by atoms with Crippen molar-refractivity contribution < 1.29 is 19.2 Å². The van der Waals surface area contributed by atoms with Crippen LogP contribution in [0.3, 0.4) is 0 Å². The number of nitrogens with zero attached hydrogens (tertiary/aromatic N) is 1. The van der Waals surface area contributed by atoms with Crippen LogP contribution in [0.4, 0.5) is 0 Å². The Morgan fingerprint density at radius 2 is 1.87 bits per heavy atom. The minimum absolute atomic E-state index is 0.104. The molecule has 0 atom stereocenters. The highest BCUT2D eigenvalue weighted by molar-refractivity contribution is 6.03. The van der Waals surface area contributed by atoms with E-state index in [-0.39, 0.29) is 12.8 Å². The molecule has 1 saturated heterocycles. The monoisotopic (exact) mass is 206 g/mol. The quantitative estimate of drug-likeness (QED) is 0.609. The number of hydroxylamine groups is 2. The molecule has 2 amide bonds. The molecule has 0 aromatic rings. The molecule has 0 aromatic heterocycles. The van der Waals surface area contributed by atoms with Crippen molar-refractivity contribution >= 4 is 17.8 Å². The fraction of sp³-hybridized carbons (Fsp3) is 0.200. The third-order valence-electron chi connectivity index (χ3n) is 2.08. The summed E-state index contributed by atoms with van der Waals surface area (Å²) in [6, 6.07) is 0. The average Bonchev–Trinajstić information content (AvgIpc) is 2.82. The molecule has 5 nitrogen and oxygen atoms in total. The molecule has 1 radical (unpaired) electrons. The van der Waals surface area contributed by atoms with Crippen LogP contribution in [0.25, 0.3) is 0 Å². The predicted molar refractivity (Wildman–Crippen MR) is 48.7 cm³/mol. The summed E-state index contributed by atoms with van der Waals surface area (Å²) in [7, 11) is 0. The van der Waals surface area contributed by atoms with Gasteiger partial charge in [0.15, 0.2) is 0 Å². The Bertz CT molecular complexity index is 378. The molecular formula is C10H8NO4. The van der Waals surface area contributed by atoms with Gasteiger partial charge < -0.3 is 4.84 Å². The standard InChI is InChI=1S/C10H8NO4/c12-8-5-6-9(13)11(8)15-10(14)7-3-1-2-4-7/h1-4H,5-6H2. The summed E-state index contributed by atoms with van der Waals surface area (Å²) in [6.07, 6.45) is 6.65. The first-order chi connectivity index (χ1) is 7.18. The summed E-state index contributed by atoms with van der Waals surface area (Å²) < 4.78 is 0. The zero-order valence-electron chi connectivity index (χ0n) is 7.80. The second-order valence-corrected chi connectivity index (χ2v) is 3.13. The molecule has 1 heterocycles. The molecule has 0 saturated carbocycles. The molecule has 0 unspecified atom stereocenters. The Kier molecular flexibility index (Phi) is 2.37. The number of allylic oxidation sites excluding steroid dienone is 3. The number of amides is 2. The molecule has 0 aromatic carbocycles. The van der Waals surface area contributed by atoms with E-state index in [0.29, 0.717) is 10.6 Å². The van der Waals surface area contributed by atoms with E-state index in [9.17, 15) is 14.4 Å². The van der Waals surface area contributed by atoms with Crippen molar-refractivity contribution in [1.82, 2.24) is 5.06 Å². The SMILES string of the molecule is O=C(ON1C(=O)CCC1=O)C1=CC=C[CH]1. The van der Waals surface area contributed by atoms with Crippen molar-refractivity contribution in [2.45, 2.75) is 12.8 Å². The summed E-state index contributed by atoms with van der Waals surface area (Å²) in [4.78, 5) is 38.3. The molecule has 1 aliphatic heterocycles. The van der Waals surface area contributed by atoms with E-state index < -0.39 is 17.8 Å². The highest BCUT2D eigenvalue weighted by Crippen LogP contribution is 2.16. The van der Waals surface area contributed by atoms with Crippen LogP contribution in [0.1, 0.15) is 12.8 Å². The molecular weight excluding hydrogens is 198 g/mol. The number of carbonyl (C=O) groups excluding carboxylic acids is 3. The average molecular weight is 206 g/mol. The van der Waals surface area contributed by atoms with E-state index >= 15 is 0 Å². The Balaban J connectivity index is 1.99. The Morgan fingerprint density at radius 1 is 1.20 bits per heavy atom. The molecule has 2 aliphatic rings. The highest BCUT2D eigenvalue weighted by atomic mass is 16.7. The van der Waals surface area contributed by atoms with Gasteiger partial charge in [0.2, 0.25) is 0 Å². The van der Waals surface area contributed by atoms with Gasteiger partial charge >= 0.3 is 5.97 Å². The summed E-state index contributed by atoms with van der Waals surface area (Å²) in [5.41, 5.74) is 0.322. The first-order valence-electron chi connectivity index (χ1n) is 4.48. The van der Waals surface area contributed by atoms with Crippen molar-refractivity contribution in [1.29, 1.82) is 0 Å². The van der Waals surface area contributed by atoms with Crippen LogP contribution in [-0.4, -0.2) is 22.8 Å². The van der Waals surface area contributed by atoms with Crippen LogP contribution in [0.15, 0.2) is 23.8 Å². The minimum atomic E-state index is -0.691. The fourth-order valence-electron chi connectivity index (χ4n) is 1.30. The maximum atomic E-state index is 11.4. The smallest absolute Gasteiger partial charge is 0.325 e. The largest absolute Gasteiger partial charge is 0.360 e. The number of imide groups is 1. The predicted octanol–water partition coefficient (Wildman–Crippen LogP) is 0.294. The molecule has 1 fully saturated rings. The normalized spacial score (nSPS) is 19.7. The lowest BCUT2D eigenvalue weighted by Gasteiger charge is -2.12. The summed E-state index contributed by atoms with van der Waals surface area (Å²) in [5.74, 6) is -1.64. The first kappa shape index (κ1) is 9.64. The van der Waals surface area contributed by atoms with E-state index in [2.05, 4.69) is 4.84 Å². The lowest BCUT2D eigenvalue weighted by Crippen LogP contribution is -2.32. The van der Waals surface area contributed by atoms with Crippen molar-refractivity contribution in [3.05, 3.63) is 30.2 Å². The van der Waals surface area contributed by atoms with Gasteiger partial charge in [-0.2, -0.15) is 0 Å². The van der Waals surface area contributed by atoms with Crippen molar-refractivity contribution in [2.24, 2.45) is 0 Å². The van der Waals surface area contributed by atoms with Crippen LogP contribution >= 0.6 is 0 Å². The van der Waals surface area contributed by atoms with Crippen LogP contribution < -0.4 is 0 Å². The minimum Gasteiger partial charge on any atom is -0.325 e. The second-order valence-electron chi connectivity index (χ2n) is 3.13. The maximum absolute atomic E-state index is 11.4. The van der Waals surface area contributed by atoms with Gasteiger partial charge in [-0.1, -0.05) is 18.2 Å². The second kappa shape index (κ2) is 3.68. The summed E-state index contributed by atoms with van der Waals surface area (Å²) >= 11 is 0. The summed E-state index contributed by atoms with van der Waals surface area (Å²) in [5, 5.41) is 0.537. The van der Waals surface area contributed by atoms with Gasteiger partial charge in [0, 0.05) is 24.8 Å². The molecule has 1 aliphatic carbocycles. The lowest BCUT2D eigenvalue weighted by molar-refractivity contribution is -0.194. The van der Waals surface area contributed by atoms with E-state index in [4.69, 9.17) is 0 Å². The lowest BCUT2D eigenvalue weighted by atomic mass is 10.2. The Morgan fingerprint density at radius 3 is 2.40 bits per heavy atom.